The zero-order valence-electron chi connectivity index (χ0n) is 12.6. The van der Waals surface area contributed by atoms with Gasteiger partial charge in [-0.25, -0.2) is 0 Å². The van der Waals surface area contributed by atoms with Crippen molar-refractivity contribution in [1.29, 1.82) is 0 Å². The molecule has 1 rings (SSSR count). The first-order chi connectivity index (χ1) is 8.85. The van der Waals surface area contributed by atoms with Crippen LogP contribution in [0.15, 0.2) is 30.3 Å². The number of halogens is 3. The Labute approximate surface area is 116 Å². The van der Waals surface area contributed by atoms with Crippen molar-refractivity contribution in [2.24, 2.45) is 0 Å². The van der Waals surface area contributed by atoms with Crippen LogP contribution < -0.4 is 0 Å². The molecule has 0 heterocycles. The molecule has 0 unspecified atom stereocenters. The van der Waals surface area contributed by atoms with E-state index >= 15 is 0 Å². The molecule has 1 aromatic rings. The quantitative estimate of drug-likeness (QED) is 0.596. The molecule has 0 radical (unpaired) electrons. The zero-order valence-corrected chi connectivity index (χ0v) is 12.6. The van der Waals surface area contributed by atoms with E-state index in [1.165, 1.54) is 37.7 Å². The molecule has 0 spiro atoms. The van der Waals surface area contributed by atoms with Gasteiger partial charge in [-0.05, 0) is 12.0 Å². The highest BCUT2D eigenvalue weighted by Gasteiger charge is 2.15. The van der Waals surface area contributed by atoms with Gasteiger partial charge in [0.15, 0.2) is 0 Å². The Kier molecular flexibility index (Phi) is 14.4. The van der Waals surface area contributed by atoms with E-state index in [9.17, 15) is 13.2 Å². The van der Waals surface area contributed by atoms with Crippen LogP contribution in [-0.2, 0) is 6.42 Å². The molecule has 0 saturated carbocycles. The standard InChI is InChI=1S/C9H12.C5H12.C2H3F3/c1-2-6-9-7-4-3-5-8-9;1-3-5-4-2;1-2(3,4)5/h3-5,7-8H,2,6H2,1H3;3-5H2,1-2H3;1H3. The summed E-state index contributed by atoms with van der Waals surface area (Å²) in [6.45, 7) is 6.81. The van der Waals surface area contributed by atoms with Crippen molar-refractivity contribution in [3.8, 4) is 0 Å². The molecule has 0 amide bonds. The number of rotatable bonds is 4. The van der Waals surface area contributed by atoms with Crippen LogP contribution >= 0.6 is 0 Å². The Bertz CT molecular complexity index is 257. The largest absolute Gasteiger partial charge is 0.386 e. The van der Waals surface area contributed by atoms with Gasteiger partial charge in [-0.3, -0.25) is 0 Å². The van der Waals surface area contributed by atoms with Gasteiger partial charge in [-0.15, -0.1) is 0 Å². The Hall–Kier alpha value is -0.990. The van der Waals surface area contributed by atoms with Crippen LogP contribution in [-0.4, -0.2) is 6.18 Å². The minimum Gasteiger partial charge on any atom is -0.172 e. The van der Waals surface area contributed by atoms with Crippen molar-refractivity contribution < 1.29 is 13.2 Å². The summed E-state index contributed by atoms with van der Waals surface area (Å²) in [6, 6.07) is 10.6. The molecule has 0 bridgehead atoms. The normalized spacial score (nSPS) is 9.84. The molecule has 0 aliphatic carbocycles. The highest BCUT2D eigenvalue weighted by molar-refractivity contribution is 5.14. The molecule has 0 aromatic heterocycles. The number of aryl methyl sites for hydroxylation is 1. The predicted molar refractivity (Wildman–Crippen MR) is 77.4 cm³/mol. The van der Waals surface area contributed by atoms with E-state index < -0.39 is 6.18 Å². The summed E-state index contributed by atoms with van der Waals surface area (Å²) < 4.78 is 31.1. The van der Waals surface area contributed by atoms with E-state index in [1.54, 1.807) is 0 Å². The van der Waals surface area contributed by atoms with E-state index in [-0.39, 0.29) is 6.92 Å². The van der Waals surface area contributed by atoms with Gasteiger partial charge in [0.2, 0.25) is 0 Å². The number of unbranched alkanes of at least 4 members (excludes halogenated alkanes) is 2. The van der Waals surface area contributed by atoms with Crippen LogP contribution in [0.4, 0.5) is 13.2 Å². The van der Waals surface area contributed by atoms with Crippen molar-refractivity contribution in [2.45, 2.75) is 66.0 Å². The summed E-state index contributed by atoms with van der Waals surface area (Å²) in [7, 11) is 0. The Morgan fingerprint density at radius 2 is 1.26 bits per heavy atom. The lowest BCUT2D eigenvalue weighted by atomic mass is 10.1. The van der Waals surface area contributed by atoms with Gasteiger partial charge in [-0.2, -0.15) is 13.2 Å². The predicted octanol–water partition coefficient (Wildman–Crippen LogP) is 6.40. The topological polar surface area (TPSA) is 0 Å². The number of benzene rings is 1. The molecule has 0 fully saturated rings. The van der Waals surface area contributed by atoms with Gasteiger partial charge in [0, 0.05) is 6.92 Å². The van der Waals surface area contributed by atoms with E-state index in [4.69, 9.17) is 0 Å². The number of alkyl halides is 3. The van der Waals surface area contributed by atoms with Crippen molar-refractivity contribution >= 4 is 0 Å². The molecular weight excluding hydrogens is 249 g/mol. The second kappa shape index (κ2) is 13.4. The van der Waals surface area contributed by atoms with Crippen LogP contribution in [0.2, 0.25) is 0 Å². The second-order valence-corrected chi connectivity index (χ2v) is 4.37. The zero-order chi connectivity index (χ0) is 15.1. The van der Waals surface area contributed by atoms with E-state index in [1.807, 2.05) is 0 Å². The van der Waals surface area contributed by atoms with E-state index in [2.05, 4.69) is 51.1 Å². The monoisotopic (exact) mass is 276 g/mol. The fourth-order valence-electron chi connectivity index (χ4n) is 1.29. The molecule has 0 aliphatic rings. The molecule has 0 saturated heterocycles. The number of hydrogen-bond acceptors (Lipinski definition) is 0. The molecule has 0 aliphatic heterocycles. The first kappa shape index (κ1) is 20.3. The van der Waals surface area contributed by atoms with Gasteiger partial charge < -0.3 is 0 Å². The van der Waals surface area contributed by atoms with Crippen LogP contribution in [0.3, 0.4) is 0 Å². The third kappa shape index (κ3) is 26.6. The molecule has 0 atom stereocenters. The highest BCUT2D eigenvalue weighted by atomic mass is 19.4. The maximum Gasteiger partial charge on any atom is 0.386 e. The molecule has 0 N–H and O–H groups in total. The minimum atomic E-state index is -4.00. The van der Waals surface area contributed by atoms with Crippen molar-refractivity contribution in [1.82, 2.24) is 0 Å². The fraction of sp³-hybridized carbons (Fsp3) is 0.625. The molecule has 1 aromatic carbocycles. The third-order valence-corrected chi connectivity index (χ3v) is 2.09. The number of hydrogen-bond donors (Lipinski definition) is 0. The van der Waals surface area contributed by atoms with Crippen molar-refractivity contribution in [3.05, 3.63) is 35.9 Å². The van der Waals surface area contributed by atoms with Crippen LogP contribution in [0, 0.1) is 0 Å². The van der Waals surface area contributed by atoms with Crippen molar-refractivity contribution in [2.75, 3.05) is 0 Å². The molecule has 0 nitrogen and oxygen atoms in total. The molecular formula is C16H27F3. The fourth-order valence-corrected chi connectivity index (χ4v) is 1.29. The van der Waals surface area contributed by atoms with E-state index in [0.29, 0.717) is 0 Å². The summed E-state index contributed by atoms with van der Waals surface area (Å²) in [5.41, 5.74) is 1.44. The smallest absolute Gasteiger partial charge is 0.172 e. The summed E-state index contributed by atoms with van der Waals surface area (Å²) >= 11 is 0. The first-order valence-corrected chi connectivity index (χ1v) is 6.95. The van der Waals surface area contributed by atoms with Crippen LogP contribution in [0.5, 0.6) is 0 Å². The second-order valence-electron chi connectivity index (χ2n) is 4.37. The Balaban J connectivity index is 0. The third-order valence-electron chi connectivity index (χ3n) is 2.09. The lowest BCUT2D eigenvalue weighted by Gasteiger charge is -1.93. The SMILES string of the molecule is CC(F)(F)F.CCCCC.CCCc1ccccc1. The highest BCUT2D eigenvalue weighted by Crippen LogP contribution is 2.10. The summed E-state index contributed by atoms with van der Waals surface area (Å²) in [5, 5.41) is 0. The van der Waals surface area contributed by atoms with Gasteiger partial charge in [0.05, 0.1) is 0 Å². The van der Waals surface area contributed by atoms with E-state index in [0.717, 1.165) is 0 Å². The van der Waals surface area contributed by atoms with Crippen LogP contribution in [0.1, 0.15) is 58.9 Å². The van der Waals surface area contributed by atoms with Gasteiger partial charge in [0.1, 0.15) is 0 Å². The van der Waals surface area contributed by atoms with Gasteiger partial charge in [0.25, 0.3) is 0 Å². The van der Waals surface area contributed by atoms with Crippen LogP contribution in [0.25, 0.3) is 0 Å². The summed E-state index contributed by atoms with van der Waals surface area (Å²) in [6.07, 6.45) is 2.53. The summed E-state index contributed by atoms with van der Waals surface area (Å²) in [5.74, 6) is 0. The van der Waals surface area contributed by atoms with Gasteiger partial charge in [-0.1, -0.05) is 76.8 Å². The molecule has 112 valence electrons. The minimum absolute atomic E-state index is 0.188. The first-order valence-electron chi connectivity index (χ1n) is 6.95. The Morgan fingerprint density at radius 1 is 0.842 bits per heavy atom. The average molecular weight is 276 g/mol. The lowest BCUT2D eigenvalue weighted by Crippen LogP contribution is -1.95. The van der Waals surface area contributed by atoms with Crippen molar-refractivity contribution in [3.63, 3.8) is 0 Å². The summed E-state index contributed by atoms with van der Waals surface area (Å²) in [4.78, 5) is 0. The van der Waals surface area contributed by atoms with Gasteiger partial charge >= 0.3 is 6.18 Å². The molecule has 19 heavy (non-hydrogen) atoms. The maximum absolute atomic E-state index is 10.4. The Morgan fingerprint density at radius 3 is 1.53 bits per heavy atom. The maximum atomic E-state index is 10.4. The lowest BCUT2D eigenvalue weighted by molar-refractivity contribution is -0.110. The average Bonchev–Trinajstić information content (AvgIpc) is 2.30. The molecule has 3 heteroatoms.